The lowest BCUT2D eigenvalue weighted by atomic mass is 9.95. The van der Waals surface area contributed by atoms with Crippen molar-refractivity contribution in [2.45, 2.75) is 38.4 Å². The number of hydrogen-bond donors (Lipinski definition) is 2. The van der Waals surface area contributed by atoms with Crippen LogP contribution in [0.4, 0.5) is 0 Å². The molecule has 96 valence electrons. The molecule has 17 heavy (non-hydrogen) atoms. The number of benzene rings is 1. The average molecular weight is 275 g/mol. The molecule has 2 N–H and O–H groups in total. The molecular formula is C13H20Cl2N2. The summed E-state index contributed by atoms with van der Waals surface area (Å²) in [6, 6.07) is 7.53. The van der Waals surface area contributed by atoms with Crippen LogP contribution in [-0.2, 0) is 19.5 Å². The van der Waals surface area contributed by atoms with Crippen LogP contribution >= 0.6 is 24.8 Å². The van der Waals surface area contributed by atoms with E-state index < -0.39 is 0 Å². The maximum atomic E-state index is 3.60. The molecule has 0 amide bonds. The summed E-state index contributed by atoms with van der Waals surface area (Å²) in [6.07, 6.45) is 3.94. The molecule has 0 unspecified atom stereocenters. The lowest BCUT2D eigenvalue weighted by molar-refractivity contribution is 0.625. The van der Waals surface area contributed by atoms with Crippen LogP contribution in [0.2, 0.25) is 0 Å². The fourth-order valence-electron chi connectivity index (χ4n) is 2.32. The van der Waals surface area contributed by atoms with E-state index in [2.05, 4.69) is 28.8 Å². The molecular weight excluding hydrogens is 255 g/mol. The SMILES string of the molecule is Cl.Cl.c1cc2c(c(CNC3CC3)c1)CCNC2. The molecule has 1 saturated carbocycles. The van der Waals surface area contributed by atoms with Gasteiger partial charge in [-0.05, 0) is 42.5 Å². The van der Waals surface area contributed by atoms with Crippen molar-refractivity contribution in [2.24, 2.45) is 0 Å². The van der Waals surface area contributed by atoms with Gasteiger partial charge >= 0.3 is 0 Å². The van der Waals surface area contributed by atoms with E-state index in [-0.39, 0.29) is 24.8 Å². The third-order valence-electron chi connectivity index (χ3n) is 3.40. The fourth-order valence-corrected chi connectivity index (χ4v) is 2.32. The maximum Gasteiger partial charge on any atom is 0.0210 e. The number of fused-ring (bicyclic) bond motifs is 1. The Morgan fingerprint density at radius 2 is 2.06 bits per heavy atom. The van der Waals surface area contributed by atoms with Crippen LogP contribution in [0, 0.1) is 0 Å². The zero-order chi connectivity index (χ0) is 10.1. The monoisotopic (exact) mass is 274 g/mol. The first-order valence-electron chi connectivity index (χ1n) is 5.97. The number of hydrogen-bond acceptors (Lipinski definition) is 2. The predicted molar refractivity (Wildman–Crippen MR) is 76.2 cm³/mol. The standard InChI is InChI=1S/C13H18N2.2ClH/c1-2-10-8-14-7-6-13(10)11(3-1)9-15-12-4-5-12;;/h1-3,12,14-15H,4-9H2;2*1H. The van der Waals surface area contributed by atoms with E-state index in [0.29, 0.717) is 0 Å². The molecule has 1 aromatic carbocycles. The Bertz CT molecular complexity index is 364. The molecule has 1 aliphatic carbocycles. The molecule has 3 rings (SSSR count). The molecule has 1 aromatic rings. The molecule has 0 saturated heterocycles. The highest BCUT2D eigenvalue weighted by atomic mass is 35.5. The predicted octanol–water partition coefficient (Wildman–Crippen LogP) is 2.43. The fraction of sp³-hybridized carbons (Fsp3) is 0.538. The van der Waals surface area contributed by atoms with E-state index in [0.717, 1.165) is 25.7 Å². The van der Waals surface area contributed by atoms with Gasteiger partial charge in [-0.25, -0.2) is 0 Å². The van der Waals surface area contributed by atoms with Crippen LogP contribution in [0.3, 0.4) is 0 Å². The quantitative estimate of drug-likeness (QED) is 0.885. The van der Waals surface area contributed by atoms with Gasteiger partial charge in [0.05, 0.1) is 0 Å². The van der Waals surface area contributed by atoms with Gasteiger partial charge in [-0.3, -0.25) is 0 Å². The lowest BCUT2D eigenvalue weighted by Crippen LogP contribution is -2.26. The Kier molecular flexibility index (Phi) is 5.74. The highest BCUT2D eigenvalue weighted by molar-refractivity contribution is 5.85. The van der Waals surface area contributed by atoms with Gasteiger partial charge in [0.25, 0.3) is 0 Å². The molecule has 1 fully saturated rings. The minimum absolute atomic E-state index is 0. The molecule has 0 atom stereocenters. The van der Waals surface area contributed by atoms with E-state index in [9.17, 15) is 0 Å². The Morgan fingerprint density at radius 3 is 2.82 bits per heavy atom. The summed E-state index contributed by atoms with van der Waals surface area (Å²) in [5, 5.41) is 7.03. The van der Waals surface area contributed by atoms with Gasteiger partial charge < -0.3 is 10.6 Å². The summed E-state index contributed by atoms with van der Waals surface area (Å²) in [5.74, 6) is 0. The second-order valence-electron chi connectivity index (χ2n) is 4.64. The van der Waals surface area contributed by atoms with Crippen LogP contribution in [-0.4, -0.2) is 12.6 Å². The van der Waals surface area contributed by atoms with Gasteiger partial charge in [0.2, 0.25) is 0 Å². The molecule has 0 aromatic heterocycles. The van der Waals surface area contributed by atoms with Crippen LogP contribution in [0.5, 0.6) is 0 Å². The molecule has 0 radical (unpaired) electrons. The first kappa shape index (κ1) is 14.8. The van der Waals surface area contributed by atoms with Gasteiger partial charge in [-0.1, -0.05) is 18.2 Å². The van der Waals surface area contributed by atoms with E-state index in [4.69, 9.17) is 0 Å². The Labute approximate surface area is 115 Å². The third-order valence-corrected chi connectivity index (χ3v) is 3.40. The van der Waals surface area contributed by atoms with Crippen molar-refractivity contribution in [3.8, 4) is 0 Å². The van der Waals surface area contributed by atoms with Crippen LogP contribution in [0.15, 0.2) is 18.2 Å². The normalized spacial score (nSPS) is 17.6. The molecule has 1 heterocycles. The van der Waals surface area contributed by atoms with Crippen molar-refractivity contribution in [1.29, 1.82) is 0 Å². The van der Waals surface area contributed by atoms with Gasteiger partial charge in [-0.15, -0.1) is 24.8 Å². The zero-order valence-electron chi connectivity index (χ0n) is 9.87. The summed E-state index contributed by atoms with van der Waals surface area (Å²) >= 11 is 0. The molecule has 0 spiro atoms. The van der Waals surface area contributed by atoms with Crippen molar-refractivity contribution in [3.05, 3.63) is 34.9 Å². The molecule has 4 heteroatoms. The zero-order valence-corrected chi connectivity index (χ0v) is 11.5. The average Bonchev–Trinajstić information content (AvgIpc) is 3.10. The summed E-state index contributed by atoms with van der Waals surface area (Å²) in [5.41, 5.74) is 4.60. The van der Waals surface area contributed by atoms with E-state index in [1.807, 2.05) is 0 Å². The number of rotatable bonds is 3. The van der Waals surface area contributed by atoms with Crippen molar-refractivity contribution in [1.82, 2.24) is 10.6 Å². The highest BCUT2D eigenvalue weighted by Crippen LogP contribution is 2.22. The van der Waals surface area contributed by atoms with Crippen molar-refractivity contribution < 1.29 is 0 Å². The Hall–Kier alpha value is -0.280. The summed E-state index contributed by atoms with van der Waals surface area (Å²) in [7, 11) is 0. The van der Waals surface area contributed by atoms with Crippen molar-refractivity contribution >= 4 is 24.8 Å². The largest absolute Gasteiger partial charge is 0.312 e. The Balaban J connectivity index is 0.000000722. The van der Waals surface area contributed by atoms with E-state index in [1.165, 1.54) is 30.4 Å². The van der Waals surface area contributed by atoms with E-state index >= 15 is 0 Å². The third kappa shape index (κ3) is 3.59. The molecule has 2 aliphatic rings. The smallest absolute Gasteiger partial charge is 0.0210 e. The first-order chi connectivity index (χ1) is 7.43. The molecule has 0 bridgehead atoms. The van der Waals surface area contributed by atoms with E-state index in [1.54, 1.807) is 5.56 Å². The second kappa shape index (κ2) is 6.60. The summed E-state index contributed by atoms with van der Waals surface area (Å²) < 4.78 is 0. The summed E-state index contributed by atoms with van der Waals surface area (Å²) in [4.78, 5) is 0. The van der Waals surface area contributed by atoms with Gasteiger partial charge in [0.1, 0.15) is 0 Å². The lowest BCUT2D eigenvalue weighted by Gasteiger charge is -2.20. The topological polar surface area (TPSA) is 24.1 Å². The van der Waals surface area contributed by atoms with Crippen LogP contribution in [0.25, 0.3) is 0 Å². The first-order valence-corrected chi connectivity index (χ1v) is 5.97. The maximum absolute atomic E-state index is 3.60. The second-order valence-corrected chi connectivity index (χ2v) is 4.64. The van der Waals surface area contributed by atoms with Crippen LogP contribution in [0.1, 0.15) is 29.5 Å². The number of nitrogens with one attached hydrogen (secondary N) is 2. The minimum atomic E-state index is 0. The van der Waals surface area contributed by atoms with Crippen molar-refractivity contribution in [3.63, 3.8) is 0 Å². The van der Waals surface area contributed by atoms with Gasteiger partial charge in [-0.2, -0.15) is 0 Å². The Morgan fingerprint density at radius 1 is 1.24 bits per heavy atom. The highest BCUT2D eigenvalue weighted by Gasteiger charge is 2.21. The number of halogens is 2. The van der Waals surface area contributed by atoms with Crippen LogP contribution < -0.4 is 10.6 Å². The van der Waals surface area contributed by atoms with Gasteiger partial charge in [0, 0.05) is 19.1 Å². The summed E-state index contributed by atoms with van der Waals surface area (Å²) in [6.45, 7) is 3.24. The molecule has 2 nitrogen and oxygen atoms in total. The minimum Gasteiger partial charge on any atom is -0.312 e. The molecule has 1 aliphatic heterocycles. The van der Waals surface area contributed by atoms with Crippen molar-refractivity contribution in [2.75, 3.05) is 6.54 Å². The van der Waals surface area contributed by atoms with Gasteiger partial charge in [0.15, 0.2) is 0 Å².